The molecule has 6 nitrogen and oxygen atoms in total. The van der Waals surface area contributed by atoms with E-state index in [9.17, 15) is 18.0 Å². The third kappa shape index (κ3) is 5.34. The number of benzene rings is 1. The highest BCUT2D eigenvalue weighted by Crippen LogP contribution is 2.23. The van der Waals surface area contributed by atoms with Gasteiger partial charge in [0.2, 0.25) is 5.91 Å². The molecule has 0 unspecified atom stereocenters. The number of nitrogens with zero attached hydrogens (tertiary/aromatic N) is 4. The summed E-state index contributed by atoms with van der Waals surface area (Å²) >= 11 is 0. The lowest BCUT2D eigenvalue weighted by Crippen LogP contribution is -2.49. The second-order valence-corrected chi connectivity index (χ2v) is 6.81. The minimum atomic E-state index is -4.48. The molecular weight excluding hydrogens is 371 g/mol. The average Bonchev–Trinajstić information content (AvgIpc) is 2.62. The Kier molecular flexibility index (Phi) is 5.71. The summed E-state index contributed by atoms with van der Waals surface area (Å²) < 4.78 is 37.2. The van der Waals surface area contributed by atoms with Crippen molar-refractivity contribution in [3.8, 4) is 0 Å². The first-order valence-electron chi connectivity index (χ1n) is 8.98. The molecule has 1 amide bonds. The van der Waals surface area contributed by atoms with Gasteiger partial charge in [-0.05, 0) is 26.0 Å². The van der Waals surface area contributed by atoms with Gasteiger partial charge in [-0.1, -0.05) is 17.7 Å². The highest BCUT2D eigenvalue weighted by atomic mass is 19.4. The van der Waals surface area contributed by atoms with Crippen molar-refractivity contribution in [2.24, 2.45) is 0 Å². The molecule has 0 saturated carbocycles. The van der Waals surface area contributed by atoms with E-state index in [0.29, 0.717) is 30.5 Å². The molecule has 0 atom stereocenters. The van der Waals surface area contributed by atoms with Crippen LogP contribution >= 0.6 is 0 Å². The summed E-state index contributed by atoms with van der Waals surface area (Å²) in [6.07, 6.45) is -5.89. The first kappa shape index (κ1) is 19.9. The number of rotatable bonds is 4. The number of amides is 1. The van der Waals surface area contributed by atoms with Crippen LogP contribution in [0.15, 0.2) is 30.3 Å². The fourth-order valence-corrected chi connectivity index (χ4v) is 3.03. The van der Waals surface area contributed by atoms with Crippen LogP contribution in [-0.2, 0) is 4.79 Å². The van der Waals surface area contributed by atoms with Crippen molar-refractivity contribution in [1.82, 2.24) is 14.9 Å². The number of piperazine rings is 1. The van der Waals surface area contributed by atoms with E-state index in [1.807, 2.05) is 36.1 Å². The Labute approximate surface area is 161 Å². The number of aryl methyl sites for hydroxylation is 2. The zero-order valence-corrected chi connectivity index (χ0v) is 15.8. The molecule has 2 aromatic rings. The summed E-state index contributed by atoms with van der Waals surface area (Å²) in [5, 5.41) is 3.24. The van der Waals surface area contributed by atoms with Crippen molar-refractivity contribution >= 4 is 23.2 Å². The summed E-state index contributed by atoms with van der Waals surface area (Å²) in [4.78, 5) is 23.8. The fourth-order valence-electron chi connectivity index (χ4n) is 3.03. The van der Waals surface area contributed by atoms with Crippen LogP contribution in [-0.4, -0.2) is 53.1 Å². The van der Waals surface area contributed by atoms with Crippen LogP contribution in [0.2, 0.25) is 0 Å². The minimum absolute atomic E-state index is 0.235. The van der Waals surface area contributed by atoms with Crippen LogP contribution in [0.3, 0.4) is 0 Å². The maximum absolute atomic E-state index is 12.4. The quantitative estimate of drug-likeness (QED) is 0.862. The number of hydrogen-bond acceptors (Lipinski definition) is 5. The Balaban J connectivity index is 1.65. The average molecular weight is 393 g/mol. The maximum atomic E-state index is 12.4. The second kappa shape index (κ2) is 8.04. The van der Waals surface area contributed by atoms with Crippen LogP contribution in [0.4, 0.5) is 30.5 Å². The van der Waals surface area contributed by atoms with Crippen molar-refractivity contribution < 1.29 is 18.0 Å². The third-order valence-corrected chi connectivity index (χ3v) is 4.46. The third-order valence-electron chi connectivity index (χ3n) is 4.46. The molecule has 9 heteroatoms. The van der Waals surface area contributed by atoms with Crippen LogP contribution in [0.5, 0.6) is 0 Å². The molecule has 28 heavy (non-hydrogen) atoms. The summed E-state index contributed by atoms with van der Waals surface area (Å²) in [7, 11) is 0. The molecule has 0 aliphatic carbocycles. The number of aromatic nitrogens is 2. The van der Waals surface area contributed by atoms with Gasteiger partial charge in [0, 0.05) is 37.9 Å². The Hall–Kier alpha value is -2.84. The van der Waals surface area contributed by atoms with Crippen molar-refractivity contribution in [2.75, 3.05) is 36.4 Å². The molecular formula is C19H22F3N5O. The molecule has 0 spiro atoms. The normalized spacial score (nSPS) is 14.9. The predicted octanol–water partition coefficient (Wildman–Crippen LogP) is 3.44. The molecule has 1 aliphatic rings. The summed E-state index contributed by atoms with van der Waals surface area (Å²) in [6.45, 7) is 5.11. The smallest absolute Gasteiger partial charge is 0.353 e. The van der Waals surface area contributed by atoms with Gasteiger partial charge in [0.15, 0.2) is 0 Å². The van der Waals surface area contributed by atoms with Crippen LogP contribution < -0.4 is 10.2 Å². The number of nitrogens with one attached hydrogen (secondary N) is 1. The first-order chi connectivity index (χ1) is 13.2. The number of carbonyl (C=O) groups is 1. The second-order valence-electron chi connectivity index (χ2n) is 6.81. The van der Waals surface area contributed by atoms with Gasteiger partial charge >= 0.3 is 6.18 Å². The maximum Gasteiger partial charge on any atom is 0.397 e. The van der Waals surface area contributed by atoms with E-state index in [-0.39, 0.29) is 13.1 Å². The van der Waals surface area contributed by atoms with Gasteiger partial charge in [-0.15, -0.1) is 0 Å². The van der Waals surface area contributed by atoms with Gasteiger partial charge in [0.1, 0.15) is 23.9 Å². The molecule has 150 valence electrons. The number of halogens is 3. The zero-order valence-electron chi connectivity index (χ0n) is 15.8. The summed E-state index contributed by atoms with van der Waals surface area (Å²) in [5.41, 5.74) is 2.06. The Bertz CT molecular complexity index is 830. The first-order valence-corrected chi connectivity index (χ1v) is 8.98. The molecule has 0 radical (unpaired) electrons. The van der Waals surface area contributed by atoms with E-state index in [1.54, 1.807) is 13.0 Å². The van der Waals surface area contributed by atoms with Gasteiger partial charge < -0.3 is 15.1 Å². The Morgan fingerprint density at radius 2 is 1.71 bits per heavy atom. The zero-order chi connectivity index (χ0) is 20.3. The lowest BCUT2D eigenvalue weighted by atomic mass is 10.2. The SMILES string of the molecule is Cc1ccc(Nc2cc(N3CCN(C(=O)CC(F)(F)F)CC3)nc(C)n2)cc1. The number of alkyl halides is 3. The van der Waals surface area contributed by atoms with E-state index >= 15 is 0 Å². The number of carbonyl (C=O) groups excluding carboxylic acids is 1. The standard InChI is InChI=1S/C19H22F3N5O/c1-13-3-5-15(6-4-13)25-16-11-17(24-14(2)23-16)26-7-9-27(10-8-26)18(28)12-19(20,21)22/h3-6,11H,7-10,12H2,1-2H3,(H,23,24,25). The molecule has 2 heterocycles. The monoisotopic (exact) mass is 393 g/mol. The molecule has 1 aliphatic heterocycles. The highest BCUT2D eigenvalue weighted by Gasteiger charge is 2.34. The molecule has 1 aromatic heterocycles. The van der Waals surface area contributed by atoms with Gasteiger partial charge in [-0.3, -0.25) is 4.79 Å². The van der Waals surface area contributed by atoms with Crippen LogP contribution in [0, 0.1) is 13.8 Å². The fraction of sp³-hybridized carbons (Fsp3) is 0.421. The van der Waals surface area contributed by atoms with Gasteiger partial charge in [-0.2, -0.15) is 13.2 Å². The Morgan fingerprint density at radius 3 is 2.32 bits per heavy atom. The van der Waals surface area contributed by atoms with Crippen molar-refractivity contribution in [3.05, 3.63) is 41.7 Å². The van der Waals surface area contributed by atoms with Crippen LogP contribution in [0.1, 0.15) is 17.8 Å². The van der Waals surface area contributed by atoms with Crippen molar-refractivity contribution in [2.45, 2.75) is 26.4 Å². The minimum Gasteiger partial charge on any atom is -0.353 e. The topological polar surface area (TPSA) is 61.4 Å². The van der Waals surface area contributed by atoms with Gasteiger partial charge in [0.25, 0.3) is 0 Å². The summed E-state index contributed by atoms with van der Waals surface area (Å²) in [5.74, 6) is 1.03. The van der Waals surface area contributed by atoms with Gasteiger partial charge in [-0.25, -0.2) is 9.97 Å². The predicted molar refractivity (Wildman–Crippen MR) is 101 cm³/mol. The Morgan fingerprint density at radius 1 is 1.07 bits per heavy atom. The summed E-state index contributed by atoms with van der Waals surface area (Å²) in [6, 6.07) is 9.71. The molecule has 1 aromatic carbocycles. The van der Waals surface area contributed by atoms with Gasteiger partial charge in [0.05, 0.1) is 0 Å². The molecule has 0 bridgehead atoms. The lowest BCUT2D eigenvalue weighted by Gasteiger charge is -2.35. The van der Waals surface area contributed by atoms with E-state index in [4.69, 9.17) is 0 Å². The molecule has 1 N–H and O–H groups in total. The van der Waals surface area contributed by atoms with Crippen molar-refractivity contribution in [3.63, 3.8) is 0 Å². The molecule has 1 saturated heterocycles. The van der Waals surface area contributed by atoms with E-state index in [1.165, 1.54) is 4.90 Å². The van der Waals surface area contributed by atoms with E-state index in [0.717, 1.165) is 11.3 Å². The van der Waals surface area contributed by atoms with E-state index in [2.05, 4.69) is 15.3 Å². The van der Waals surface area contributed by atoms with Crippen molar-refractivity contribution in [1.29, 1.82) is 0 Å². The van der Waals surface area contributed by atoms with Crippen LogP contribution in [0.25, 0.3) is 0 Å². The molecule has 1 fully saturated rings. The molecule has 3 rings (SSSR count). The lowest BCUT2D eigenvalue weighted by molar-refractivity contribution is -0.161. The highest BCUT2D eigenvalue weighted by molar-refractivity contribution is 5.77. The number of hydrogen-bond donors (Lipinski definition) is 1. The largest absolute Gasteiger partial charge is 0.397 e. The number of anilines is 3. The van der Waals surface area contributed by atoms with E-state index < -0.39 is 18.5 Å².